The summed E-state index contributed by atoms with van der Waals surface area (Å²) >= 11 is 0. The number of nitrogens with zero attached hydrogens (tertiary/aromatic N) is 3. The molecule has 0 N–H and O–H groups in total. The second kappa shape index (κ2) is 13.1. The van der Waals surface area contributed by atoms with Crippen molar-refractivity contribution in [2.75, 3.05) is 50.8 Å². The van der Waals surface area contributed by atoms with Crippen LogP contribution in [0.15, 0.2) is 18.3 Å². The minimum Gasteiger partial charge on any atom is -0.380 e. The Morgan fingerprint density at radius 1 is 1.04 bits per heavy atom. The minimum absolute atomic E-state index is 0.547. The van der Waals surface area contributed by atoms with Gasteiger partial charge in [-0.25, -0.2) is 4.98 Å². The Labute approximate surface area is 155 Å². The lowest BCUT2D eigenvalue weighted by molar-refractivity contribution is 0.0987. The molecule has 1 fully saturated rings. The fourth-order valence-electron chi connectivity index (χ4n) is 2.88. The van der Waals surface area contributed by atoms with Crippen LogP contribution in [0.1, 0.15) is 65.4 Å². The topological polar surface area (TPSA) is 28.6 Å². The van der Waals surface area contributed by atoms with Gasteiger partial charge in [0.15, 0.2) is 0 Å². The summed E-state index contributed by atoms with van der Waals surface area (Å²) in [6.45, 7) is 17.8. The van der Waals surface area contributed by atoms with Gasteiger partial charge in [0.2, 0.25) is 0 Å². The molecule has 0 saturated carbocycles. The second-order valence-corrected chi connectivity index (χ2v) is 6.75. The number of hydrogen-bond acceptors (Lipinski definition) is 4. The van der Waals surface area contributed by atoms with E-state index in [4.69, 9.17) is 4.74 Å². The zero-order valence-corrected chi connectivity index (χ0v) is 17.1. The Bertz CT molecular complexity index is 425. The molecule has 2 heterocycles. The van der Waals surface area contributed by atoms with E-state index in [2.05, 4.69) is 47.7 Å². The van der Waals surface area contributed by atoms with Crippen LogP contribution in [0.2, 0.25) is 0 Å². The van der Waals surface area contributed by atoms with Gasteiger partial charge >= 0.3 is 0 Å². The van der Waals surface area contributed by atoms with Gasteiger partial charge in [0.1, 0.15) is 5.82 Å². The standard InChI is InChI=1S/C19H33N3O.C2H6/c1-4-5-6-14-23-15-13-21-9-11-22(12-10-21)19-8-7-18(16-20-19)17(2)3;1-2/h7-8,16-17H,4-6,9-15H2,1-3H3;1-2H3. The van der Waals surface area contributed by atoms with E-state index in [0.717, 1.165) is 51.8 Å². The van der Waals surface area contributed by atoms with E-state index in [9.17, 15) is 0 Å². The maximum absolute atomic E-state index is 5.72. The van der Waals surface area contributed by atoms with Crippen LogP contribution in [-0.4, -0.2) is 55.8 Å². The summed E-state index contributed by atoms with van der Waals surface area (Å²) in [5.74, 6) is 1.66. The Morgan fingerprint density at radius 2 is 1.76 bits per heavy atom. The van der Waals surface area contributed by atoms with Gasteiger partial charge in [-0.1, -0.05) is 53.5 Å². The van der Waals surface area contributed by atoms with Crippen molar-refractivity contribution in [2.45, 2.75) is 59.8 Å². The van der Waals surface area contributed by atoms with Crippen molar-refractivity contribution < 1.29 is 4.74 Å². The fraction of sp³-hybridized carbons (Fsp3) is 0.762. The molecule has 0 spiro atoms. The lowest BCUT2D eigenvalue weighted by Gasteiger charge is -2.35. The number of anilines is 1. The summed E-state index contributed by atoms with van der Waals surface area (Å²) < 4.78 is 5.72. The number of piperazine rings is 1. The van der Waals surface area contributed by atoms with Crippen molar-refractivity contribution in [3.05, 3.63) is 23.9 Å². The largest absolute Gasteiger partial charge is 0.380 e. The molecule has 1 saturated heterocycles. The first-order valence-electron chi connectivity index (χ1n) is 10.2. The van der Waals surface area contributed by atoms with Crippen molar-refractivity contribution in [1.82, 2.24) is 9.88 Å². The van der Waals surface area contributed by atoms with Gasteiger partial charge in [-0.3, -0.25) is 4.90 Å². The molecule has 0 aliphatic carbocycles. The first-order valence-corrected chi connectivity index (χ1v) is 10.2. The fourth-order valence-corrected chi connectivity index (χ4v) is 2.88. The molecule has 4 heteroatoms. The summed E-state index contributed by atoms with van der Waals surface area (Å²) in [5, 5.41) is 0. The second-order valence-electron chi connectivity index (χ2n) is 6.75. The Hall–Kier alpha value is -1.13. The molecule has 0 aromatic carbocycles. The lowest BCUT2D eigenvalue weighted by Crippen LogP contribution is -2.47. The van der Waals surface area contributed by atoms with Crippen LogP contribution in [0, 0.1) is 0 Å². The Balaban J connectivity index is 0.00000151. The predicted octanol–water partition coefficient (Wildman–Crippen LogP) is 4.56. The first kappa shape index (κ1) is 21.9. The molecule has 1 aromatic rings. The summed E-state index contributed by atoms with van der Waals surface area (Å²) in [4.78, 5) is 9.53. The normalized spacial score (nSPS) is 15.2. The molecule has 0 atom stereocenters. The van der Waals surface area contributed by atoms with Crippen LogP contribution in [0.3, 0.4) is 0 Å². The first-order chi connectivity index (χ1) is 12.2. The van der Waals surface area contributed by atoms with Crippen LogP contribution >= 0.6 is 0 Å². The van der Waals surface area contributed by atoms with Crippen molar-refractivity contribution in [3.63, 3.8) is 0 Å². The molecule has 1 aliphatic heterocycles. The zero-order valence-electron chi connectivity index (χ0n) is 17.1. The van der Waals surface area contributed by atoms with E-state index in [1.54, 1.807) is 0 Å². The average Bonchev–Trinajstić information content (AvgIpc) is 2.67. The molecule has 2 rings (SSSR count). The van der Waals surface area contributed by atoms with Crippen LogP contribution in [0.4, 0.5) is 5.82 Å². The van der Waals surface area contributed by atoms with Crippen molar-refractivity contribution in [2.24, 2.45) is 0 Å². The van der Waals surface area contributed by atoms with Gasteiger partial charge in [0, 0.05) is 45.5 Å². The zero-order chi connectivity index (χ0) is 18.5. The van der Waals surface area contributed by atoms with Gasteiger partial charge in [0.25, 0.3) is 0 Å². The third kappa shape index (κ3) is 8.19. The highest BCUT2D eigenvalue weighted by atomic mass is 16.5. The van der Waals surface area contributed by atoms with Crippen molar-refractivity contribution in [3.8, 4) is 0 Å². The van der Waals surface area contributed by atoms with E-state index in [1.807, 2.05) is 20.0 Å². The van der Waals surface area contributed by atoms with E-state index >= 15 is 0 Å². The minimum atomic E-state index is 0.547. The summed E-state index contributed by atoms with van der Waals surface area (Å²) in [7, 11) is 0. The van der Waals surface area contributed by atoms with E-state index < -0.39 is 0 Å². The highest BCUT2D eigenvalue weighted by Crippen LogP contribution is 2.18. The molecule has 144 valence electrons. The molecule has 0 unspecified atom stereocenters. The number of unbranched alkanes of at least 4 members (excludes halogenated alkanes) is 2. The van der Waals surface area contributed by atoms with Crippen molar-refractivity contribution >= 4 is 5.82 Å². The van der Waals surface area contributed by atoms with Gasteiger partial charge in [-0.2, -0.15) is 0 Å². The molecule has 25 heavy (non-hydrogen) atoms. The molecule has 0 radical (unpaired) electrons. The smallest absolute Gasteiger partial charge is 0.128 e. The van der Waals surface area contributed by atoms with E-state index in [1.165, 1.54) is 24.8 Å². The molecule has 4 nitrogen and oxygen atoms in total. The van der Waals surface area contributed by atoms with Crippen molar-refractivity contribution in [1.29, 1.82) is 0 Å². The molecule has 0 bridgehead atoms. The van der Waals surface area contributed by atoms with E-state index in [0.29, 0.717) is 5.92 Å². The lowest BCUT2D eigenvalue weighted by atomic mass is 10.1. The monoisotopic (exact) mass is 349 g/mol. The van der Waals surface area contributed by atoms with Gasteiger partial charge in [-0.05, 0) is 24.0 Å². The highest BCUT2D eigenvalue weighted by molar-refractivity contribution is 5.40. The maximum atomic E-state index is 5.72. The summed E-state index contributed by atoms with van der Waals surface area (Å²) in [6, 6.07) is 4.38. The van der Waals surface area contributed by atoms with Crippen LogP contribution in [0.25, 0.3) is 0 Å². The summed E-state index contributed by atoms with van der Waals surface area (Å²) in [5.41, 5.74) is 1.31. The Kier molecular flexibility index (Phi) is 11.5. The predicted molar refractivity (Wildman–Crippen MR) is 109 cm³/mol. The van der Waals surface area contributed by atoms with Gasteiger partial charge in [-0.15, -0.1) is 0 Å². The number of pyridine rings is 1. The number of rotatable bonds is 9. The van der Waals surface area contributed by atoms with Crippen LogP contribution in [0.5, 0.6) is 0 Å². The summed E-state index contributed by atoms with van der Waals surface area (Å²) in [6.07, 6.45) is 5.76. The molecular formula is C21H39N3O. The highest BCUT2D eigenvalue weighted by Gasteiger charge is 2.17. The quantitative estimate of drug-likeness (QED) is 0.611. The average molecular weight is 350 g/mol. The van der Waals surface area contributed by atoms with Crippen LogP contribution < -0.4 is 4.90 Å². The Morgan fingerprint density at radius 3 is 2.32 bits per heavy atom. The number of ether oxygens (including phenoxy) is 1. The molecule has 1 aromatic heterocycles. The van der Waals surface area contributed by atoms with Gasteiger partial charge in [0.05, 0.1) is 6.61 Å². The van der Waals surface area contributed by atoms with E-state index in [-0.39, 0.29) is 0 Å². The molecule has 0 amide bonds. The molecular weight excluding hydrogens is 310 g/mol. The maximum Gasteiger partial charge on any atom is 0.128 e. The third-order valence-corrected chi connectivity index (χ3v) is 4.58. The third-order valence-electron chi connectivity index (χ3n) is 4.58. The number of aromatic nitrogens is 1. The SMILES string of the molecule is CC.CCCCCOCCN1CCN(c2ccc(C(C)C)cn2)CC1. The van der Waals surface area contributed by atoms with Crippen LogP contribution in [-0.2, 0) is 4.74 Å². The molecule has 1 aliphatic rings. The number of hydrogen-bond donors (Lipinski definition) is 0. The van der Waals surface area contributed by atoms with Gasteiger partial charge < -0.3 is 9.64 Å².